The summed E-state index contributed by atoms with van der Waals surface area (Å²) in [5, 5.41) is 0. The average molecular weight is 332 g/mol. The molecule has 0 aliphatic carbocycles. The van der Waals surface area contributed by atoms with E-state index in [0.717, 1.165) is 0 Å². The number of rotatable bonds is 4. The van der Waals surface area contributed by atoms with Crippen LogP contribution in [0, 0.1) is 5.82 Å². The van der Waals surface area contributed by atoms with Gasteiger partial charge >= 0.3 is 5.97 Å². The number of thiophene rings is 1. The summed E-state index contributed by atoms with van der Waals surface area (Å²) in [5.74, 6) is -0.505. The molecule has 0 spiro atoms. The van der Waals surface area contributed by atoms with Crippen LogP contribution in [0.1, 0.15) is 16.6 Å². The monoisotopic (exact) mass is 332 g/mol. The number of esters is 1. The zero-order valence-corrected chi connectivity index (χ0v) is 13.0. The maximum Gasteiger partial charge on any atom is 0.348 e. The number of pyridine rings is 1. The molecule has 23 heavy (non-hydrogen) atoms. The zero-order valence-electron chi connectivity index (χ0n) is 12.2. The first-order chi connectivity index (χ1) is 11.1. The second-order valence-electron chi connectivity index (χ2n) is 4.65. The summed E-state index contributed by atoms with van der Waals surface area (Å²) in [6, 6.07) is 7.44. The van der Waals surface area contributed by atoms with Crippen molar-refractivity contribution in [3.8, 4) is 11.5 Å². The van der Waals surface area contributed by atoms with Gasteiger partial charge in [0.2, 0.25) is 0 Å². The van der Waals surface area contributed by atoms with Crippen molar-refractivity contribution in [1.29, 1.82) is 0 Å². The summed E-state index contributed by atoms with van der Waals surface area (Å²) in [4.78, 5) is 16.4. The number of carbonyl (C=O) groups excluding carboxylic acids is 1. The highest BCUT2D eigenvalue weighted by molar-refractivity contribution is 7.21. The Kier molecular flexibility index (Phi) is 4.12. The van der Waals surface area contributed by atoms with E-state index in [1.54, 1.807) is 25.1 Å². The molecule has 0 aliphatic heterocycles. The zero-order chi connectivity index (χ0) is 16.4. The SMILES string of the molecule is CCOC(=O)c1cc2nccc(Oc3ccc(N)cc3F)c2s1. The Bertz CT molecular complexity index is 879. The Hall–Kier alpha value is -2.67. The molecule has 0 amide bonds. The standard InChI is InChI=1S/C16H13FN2O3S/c1-2-21-16(20)14-8-11-15(23-14)13(5-6-19-11)22-12-4-3-9(18)7-10(12)17/h3-8H,2,18H2,1H3. The van der Waals surface area contributed by atoms with Crippen LogP contribution in [-0.2, 0) is 4.74 Å². The van der Waals surface area contributed by atoms with Gasteiger partial charge in [-0.25, -0.2) is 9.18 Å². The minimum Gasteiger partial charge on any atom is -0.462 e. The van der Waals surface area contributed by atoms with E-state index in [4.69, 9.17) is 15.2 Å². The van der Waals surface area contributed by atoms with Crippen molar-refractivity contribution in [3.63, 3.8) is 0 Å². The number of nitrogen functional groups attached to an aromatic ring is 1. The van der Waals surface area contributed by atoms with Gasteiger partial charge in [0.25, 0.3) is 0 Å². The Morgan fingerprint density at radius 2 is 2.13 bits per heavy atom. The molecule has 2 aromatic heterocycles. The van der Waals surface area contributed by atoms with Crippen molar-refractivity contribution in [3.05, 3.63) is 47.2 Å². The Morgan fingerprint density at radius 3 is 2.87 bits per heavy atom. The van der Waals surface area contributed by atoms with E-state index in [9.17, 15) is 9.18 Å². The number of fused-ring (bicyclic) bond motifs is 1. The number of anilines is 1. The van der Waals surface area contributed by atoms with Crippen LogP contribution in [0.15, 0.2) is 36.5 Å². The summed E-state index contributed by atoms with van der Waals surface area (Å²) in [7, 11) is 0. The van der Waals surface area contributed by atoms with E-state index in [1.165, 1.54) is 29.7 Å². The number of hydrogen-bond donors (Lipinski definition) is 1. The van der Waals surface area contributed by atoms with Crippen LogP contribution in [0.2, 0.25) is 0 Å². The fourth-order valence-electron chi connectivity index (χ4n) is 2.02. The van der Waals surface area contributed by atoms with Crippen LogP contribution in [0.5, 0.6) is 11.5 Å². The predicted octanol–water partition coefficient (Wildman–Crippen LogP) is 3.99. The molecule has 0 unspecified atom stereocenters. The van der Waals surface area contributed by atoms with Gasteiger partial charge in [0.05, 0.1) is 16.8 Å². The van der Waals surface area contributed by atoms with Gasteiger partial charge < -0.3 is 15.2 Å². The summed E-state index contributed by atoms with van der Waals surface area (Å²) in [6.07, 6.45) is 1.54. The lowest BCUT2D eigenvalue weighted by atomic mass is 10.3. The highest BCUT2D eigenvalue weighted by Crippen LogP contribution is 2.36. The number of carbonyl (C=O) groups is 1. The first-order valence-electron chi connectivity index (χ1n) is 6.87. The highest BCUT2D eigenvalue weighted by Gasteiger charge is 2.16. The third-order valence-electron chi connectivity index (χ3n) is 3.03. The van der Waals surface area contributed by atoms with Crippen LogP contribution in [0.4, 0.5) is 10.1 Å². The summed E-state index contributed by atoms with van der Waals surface area (Å²) in [5.41, 5.74) is 6.43. The summed E-state index contributed by atoms with van der Waals surface area (Å²) < 4.78 is 25.1. The van der Waals surface area contributed by atoms with Crippen molar-refractivity contribution < 1.29 is 18.7 Å². The molecule has 5 nitrogen and oxygen atoms in total. The molecule has 2 N–H and O–H groups in total. The molecule has 0 fully saturated rings. The number of nitrogens with two attached hydrogens (primary N) is 1. The van der Waals surface area contributed by atoms with Crippen molar-refractivity contribution in [2.45, 2.75) is 6.92 Å². The van der Waals surface area contributed by atoms with Crippen molar-refractivity contribution in [2.75, 3.05) is 12.3 Å². The molecule has 0 atom stereocenters. The van der Waals surface area contributed by atoms with Gasteiger partial charge in [-0.3, -0.25) is 4.98 Å². The van der Waals surface area contributed by atoms with Gasteiger partial charge in [0, 0.05) is 24.0 Å². The van der Waals surface area contributed by atoms with E-state index < -0.39 is 11.8 Å². The van der Waals surface area contributed by atoms with Crippen LogP contribution in [-0.4, -0.2) is 17.6 Å². The first kappa shape index (κ1) is 15.2. The molecule has 7 heteroatoms. The number of ether oxygens (including phenoxy) is 2. The number of nitrogens with zero attached hydrogens (tertiary/aromatic N) is 1. The molecule has 0 radical (unpaired) electrons. The maximum absolute atomic E-state index is 13.9. The van der Waals surface area contributed by atoms with Crippen LogP contribution < -0.4 is 10.5 Å². The van der Waals surface area contributed by atoms with E-state index in [2.05, 4.69) is 4.98 Å². The van der Waals surface area contributed by atoms with Gasteiger partial charge in [-0.1, -0.05) is 0 Å². The number of hydrogen-bond acceptors (Lipinski definition) is 6. The minimum atomic E-state index is -0.558. The molecular weight excluding hydrogens is 319 g/mol. The molecule has 0 saturated heterocycles. The van der Waals surface area contributed by atoms with Gasteiger partial charge in [-0.2, -0.15) is 0 Å². The van der Waals surface area contributed by atoms with E-state index >= 15 is 0 Å². The summed E-state index contributed by atoms with van der Waals surface area (Å²) in [6.45, 7) is 2.03. The number of benzene rings is 1. The quantitative estimate of drug-likeness (QED) is 0.577. The smallest absolute Gasteiger partial charge is 0.348 e. The van der Waals surface area contributed by atoms with Gasteiger partial charge in [-0.05, 0) is 25.1 Å². The molecule has 0 bridgehead atoms. The van der Waals surface area contributed by atoms with Crippen molar-refractivity contribution in [1.82, 2.24) is 4.98 Å². The summed E-state index contributed by atoms with van der Waals surface area (Å²) >= 11 is 1.19. The fraction of sp³-hybridized carbons (Fsp3) is 0.125. The Morgan fingerprint density at radius 1 is 1.30 bits per heavy atom. The van der Waals surface area contributed by atoms with E-state index in [0.29, 0.717) is 33.1 Å². The molecule has 1 aromatic carbocycles. The average Bonchev–Trinajstić information content (AvgIpc) is 2.95. The molecular formula is C16H13FN2O3S. The van der Waals surface area contributed by atoms with Crippen LogP contribution in [0.25, 0.3) is 10.2 Å². The number of halogens is 1. The van der Waals surface area contributed by atoms with Gasteiger partial charge in [-0.15, -0.1) is 11.3 Å². The van der Waals surface area contributed by atoms with Crippen LogP contribution >= 0.6 is 11.3 Å². The largest absolute Gasteiger partial charge is 0.462 e. The lowest BCUT2D eigenvalue weighted by Gasteiger charge is -2.07. The topological polar surface area (TPSA) is 74.4 Å². The molecule has 3 rings (SSSR count). The predicted molar refractivity (Wildman–Crippen MR) is 86.5 cm³/mol. The van der Waals surface area contributed by atoms with Gasteiger partial charge in [0.15, 0.2) is 11.6 Å². The first-order valence-corrected chi connectivity index (χ1v) is 7.68. The van der Waals surface area contributed by atoms with Crippen LogP contribution in [0.3, 0.4) is 0 Å². The Labute approximate surface area is 135 Å². The molecule has 3 aromatic rings. The van der Waals surface area contributed by atoms with Gasteiger partial charge in [0.1, 0.15) is 10.6 Å². The maximum atomic E-state index is 13.9. The van der Waals surface area contributed by atoms with Crippen molar-refractivity contribution in [2.24, 2.45) is 0 Å². The second-order valence-corrected chi connectivity index (χ2v) is 5.70. The normalized spacial score (nSPS) is 10.7. The third-order valence-corrected chi connectivity index (χ3v) is 4.15. The van der Waals surface area contributed by atoms with E-state index in [1.807, 2.05) is 0 Å². The Balaban J connectivity index is 1.99. The third kappa shape index (κ3) is 3.09. The lowest BCUT2D eigenvalue weighted by molar-refractivity contribution is 0.0532. The second kappa shape index (κ2) is 6.21. The fourth-order valence-corrected chi connectivity index (χ4v) is 2.98. The lowest BCUT2D eigenvalue weighted by Crippen LogP contribution is -2.01. The highest BCUT2D eigenvalue weighted by atomic mass is 32.1. The molecule has 0 saturated carbocycles. The molecule has 118 valence electrons. The molecule has 0 aliphatic rings. The minimum absolute atomic E-state index is 0.0535. The van der Waals surface area contributed by atoms with E-state index in [-0.39, 0.29) is 5.75 Å². The van der Waals surface area contributed by atoms with Crippen molar-refractivity contribution >= 4 is 33.2 Å². The number of aromatic nitrogens is 1. The molecule has 2 heterocycles.